The number of benzene rings is 1. The molecule has 0 radical (unpaired) electrons. The molecule has 1 aliphatic carbocycles. The van der Waals surface area contributed by atoms with Crippen molar-refractivity contribution in [3.63, 3.8) is 0 Å². The zero-order chi connectivity index (χ0) is 23.3. The van der Waals surface area contributed by atoms with E-state index in [1.54, 1.807) is 34.8 Å². The van der Waals surface area contributed by atoms with Gasteiger partial charge in [0.15, 0.2) is 0 Å². The second kappa shape index (κ2) is 8.00. The molecule has 1 saturated heterocycles. The number of likely N-dealkylation sites (N-methyl/N-ethyl adjacent to an activating group) is 1. The number of carbonyl (C=O) groups excluding carboxylic acids is 2. The third-order valence-electron chi connectivity index (χ3n) is 6.70. The number of nitrogens with one attached hydrogen (secondary N) is 1. The molecule has 10 heteroatoms. The van der Waals surface area contributed by atoms with E-state index in [1.165, 1.54) is 23.5 Å². The van der Waals surface area contributed by atoms with Crippen LogP contribution < -0.4 is 5.32 Å². The van der Waals surface area contributed by atoms with Crippen molar-refractivity contribution < 1.29 is 18.0 Å². The summed E-state index contributed by atoms with van der Waals surface area (Å²) in [6.07, 6.45) is 2.82. The fraction of sp³-hybridized carbons (Fsp3) is 0.500. The Balaban J connectivity index is 1.54. The largest absolute Gasteiger partial charge is 0.358 e. The summed E-state index contributed by atoms with van der Waals surface area (Å²) in [7, 11) is 1.24. The van der Waals surface area contributed by atoms with Crippen LogP contribution in [0.4, 0.5) is 0 Å². The third-order valence-corrected chi connectivity index (χ3v) is 8.57. The molecule has 2 heterocycles. The Morgan fingerprint density at radius 3 is 2.53 bits per heavy atom. The molecule has 32 heavy (non-hydrogen) atoms. The number of hydrogen-bond donors (Lipinski definition) is 1. The molecular formula is C22H29N5O4S. The molecule has 1 aromatic carbocycles. The maximum atomic E-state index is 13.3. The van der Waals surface area contributed by atoms with E-state index in [0.717, 1.165) is 11.3 Å². The summed E-state index contributed by atoms with van der Waals surface area (Å²) in [6.45, 7) is 2.51. The molecule has 4 rings (SSSR count). The van der Waals surface area contributed by atoms with Gasteiger partial charge in [-0.2, -0.15) is 9.40 Å². The lowest BCUT2D eigenvalue weighted by Crippen LogP contribution is -2.44. The molecule has 2 amide bonds. The van der Waals surface area contributed by atoms with Crippen LogP contribution in [0.25, 0.3) is 0 Å². The molecule has 1 aromatic heterocycles. The highest BCUT2D eigenvalue weighted by atomic mass is 32.2. The predicted octanol–water partition coefficient (Wildman–Crippen LogP) is 0.902. The molecule has 172 valence electrons. The van der Waals surface area contributed by atoms with E-state index in [-0.39, 0.29) is 29.2 Å². The van der Waals surface area contributed by atoms with Crippen molar-refractivity contribution in [3.05, 3.63) is 47.8 Å². The zero-order valence-corrected chi connectivity index (χ0v) is 19.6. The maximum Gasteiger partial charge on any atom is 0.243 e. The first-order valence-corrected chi connectivity index (χ1v) is 12.1. The smallest absolute Gasteiger partial charge is 0.243 e. The van der Waals surface area contributed by atoms with Crippen LogP contribution in [0, 0.1) is 18.3 Å². The average Bonchev–Trinajstić information content (AvgIpc) is 3.16. The van der Waals surface area contributed by atoms with Gasteiger partial charge in [-0.25, -0.2) is 8.42 Å². The van der Waals surface area contributed by atoms with Gasteiger partial charge in [-0.3, -0.25) is 14.3 Å². The van der Waals surface area contributed by atoms with Gasteiger partial charge in [0.2, 0.25) is 21.8 Å². The Morgan fingerprint density at radius 1 is 1.25 bits per heavy atom. The van der Waals surface area contributed by atoms with E-state index >= 15 is 0 Å². The van der Waals surface area contributed by atoms with Crippen molar-refractivity contribution >= 4 is 21.8 Å². The number of rotatable bonds is 6. The molecule has 1 spiro atoms. The van der Waals surface area contributed by atoms with Gasteiger partial charge < -0.3 is 10.2 Å². The molecule has 1 N–H and O–H groups in total. The van der Waals surface area contributed by atoms with Crippen LogP contribution in [0.3, 0.4) is 0 Å². The summed E-state index contributed by atoms with van der Waals surface area (Å²) in [5.74, 6) is -0.672. The van der Waals surface area contributed by atoms with E-state index < -0.39 is 21.5 Å². The minimum atomic E-state index is -3.86. The van der Waals surface area contributed by atoms with Crippen LogP contribution in [-0.4, -0.2) is 65.9 Å². The number of hydrogen-bond acceptors (Lipinski definition) is 5. The Hall–Kier alpha value is -2.72. The number of aryl methyl sites for hydroxylation is 2. The topological polar surface area (TPSA) is 105 Å². The molecule has 1 aliphatic heterocycles. The number of carbonyl (C=O) groups is 2. The van der Waals surface area contributed by atoms with Gasteiger partial charge in [0.1, 0.15) is 6.04 Å². The van der Waals surface area contributed by atoms with Crippen LogP contribution in [0.15, 0.2) is 41.4 Å². The van der Waals surface area contributed by atoms with E-state index in [9.17, 15) is 18.0 Å². The minimum absolute atomic E-state index is 0.0251. The van der Waals surface area contributed by atoms with Crippen molar-refractivity contribution in [2.24, 2.45) is 18.4 Å². The molecule has 2 aliphatic rings. The van der Waals surface area contributed by atoms with E-state index in [0.29, 0.717) is 19.4 Å². The molecule has 2 fully saturated rings. The van der Waals surface area contributed by atoms with Gasteiger partial charge in [0.05, 0.1) is 10.6 Å². The van der Waals surface area contributed by atoms with Gasteiger partial charge in [0, 0.05) is 51.9 Å². The Morgan fingerprint density at radius 2 is 1.94 bits per heavy atom. The Bertz CT molecular complexity index is 1150. The van der Waals surface area contributed by atoms with Crippen LogP contribution in [0.5, 0.6) is 0 Å². The molecule has 9 nitrogen and oxygen atoms in total. The van der Waals surface area contributed by atoms with Crippen LogP contribution >= 0.6 is 0 Å². The minimum Gasteiger partial charge on any atom is -0.358 e. The highest BCUT2D eigenvalue weighted by Gasteiger charge is 2.66. The lowest BCUT2D eigenvalue weighted by molar-refractivity contribution is -0.132. The van der Waals surface area contributed by atoms with Crippen LogP contribution in [0.1, 0.15) is 24.1 Å². The van der Waals surface area contributed by atoms with Gasteiger partial charge in [-0.05, 0) is 37.3 Å². The molecule has 0 bridgehead atoms. The fourth-order valence-corrected chi connectivity index (χ4v) is 6.55. The highest BCUT2D eigenvalue weighted by molar-refractivity contribution is 7.89. The summed E-state index contributed by atoms with van der Waals surface area (Å²) < 4.78 is 29.6. The second-order valence-corrected chi connectivity index (χ2v) is 10.8. The standard InChI is InChI=1S/C22H29N5O4S/c1-15-16(13-26(4)24-15)12-25(3)21(29)18-10-22(18)11-19(20(28)23-2)27(14-22)32(30,31)17-8-6-5-7-9-17/h5-9,13,18-19H,10-12,14H2,1-4H3,(H,23,28)/t18-,19+,22+/m1/s1. The van der Waals surface area contributed by atoms with E-state index in [2.05, 4.69) is 10.4 Å². The second-order valence-electron chi connectivity index (χ2n) is 8.92. The van der Waals surface area contributed by atoms with Crippen molar-refractivity contribution in [1.82, 2.24) is 24.3 Å². The lowest BCUT2D eigenvalue weighted by atomic mass is 9.98. The predicted molar refractivity (Wildman–Crippen MR) is 118 cm³/mol. The maximum absolute atomic E-state index is 13.3. The lowest BCUT2D eigenvalue weighted by Gasteiger charge is -2.22. The number of aromatic nitrogens is 2. The van der Waals surface area contributed by atoms with Crippen molar-refractivity contribution in [3.8, 4) is 0 Å². The number of sulfonamides is 1. The van der Waals surface area contributed by atoms with Gasteiger partial charge in [-0.1, -0.05) is 18.2 Å². The SMILES string of the molecule is CNC(=O)[C@@H]1C[C@@]2(C[C@@H]2C(=O)N(C)Cc2cn(C)nc2C)CN1S(=O)(=O)c1ccccc1. The van der Waals surface area contributed by atoms with Crippen molar-refractivity contribution in [1.29, 1.82) is 0 Å². The summed E-state index contributed by atoms with van der Waals surface area (Å²) in [4.78, 5) is 27.6. The first kappa shape index (κ1) is 22.5. The molecular weight excluding hydrogens is 430 g/mol. The van der Waals surface area contributed by atoms with Crippen LogP contribution in [-0.2, 0) is 33.2 Å². The summed E-state index contributed by atoms with van der Waals surface area (Å²) in [5, 5.41) is 6.90. The van der Waals surface area contributed by atoms with Crippen LogP contribution in [0.2, 0.25) is 0 Å². The highest BCUT2D eigenvalue weighted by Crippen LogP contribution is 2.61. The summed E-state index contributed by atoms with van der Waals surface area (Å²) in [6, 6.07) is 7.30. The Labute approximate surface area is 188 Å². The van der Waals surface area contributed by atoms with E-state index in [1.807, 2.05) is 20.2 Å². The quantitative estimate of drug-likeness (QED) is 0.691. The van der Waals surface area contributed by atoms with Gasteiger partial charge in [0.25, 0.3) is 0 Å². The normalized spacial score (nSPS) is 25.1. The number of nitrogens with zero attached hydrogens (tertiary/aromatic N) is 4. The zero-order valence-electron chi connectivity index (χ0n) is 18.8. The van der Waals surface area contributed by atoms with Gasteiger partial charge >= 0.3 is 0 Å². The molecule has 2 aromatic rings. The molecule has 1 saturated carbocycles. The first-order valence-electron chi connectivity index (χ1n) is 10.6. The molecule has 0 unspecified atom stereocenters. The Kier molecular flexibility index (Phi) is 5.62. The number of amides is 2. The fourth-order valence-electron chi connectivity index (χ4n) is 4.84. The summed E-state index contributed by atoms with van der Waals surface area (Å²) >= 11 is 0. The molecule has 3 atom stereocenters. The van der Waals surface area contributed by atoms with Gasteiger partial charge in [-0.15, -0.1) is 0 Å². The van der Waals surface area contributed by atoms with Crippen molar-refractivity contribution in [2.75, 3.05) is 20.6 Å². The summed E-state index contributed by atoms with van der Waals surface area (Å²) in [5.41, 5.74) is 1.34. The average molecular weight is 460 g/mol. The van der Waals surface area contributed by atoms with Crippen molar-refractivity contribution in [2.45, 2.75) is 37.2 Å². The monoisotopic (exact) mass is 459 g/mol. The third kappa shape index (κ3) is 3.81. The first-order chi connectivity index (χ1) is 15.1. The van der Waals surface area contributed by atoms with E-state index in [4.69, 9.17) is 0 Å².